The Morgan fingerprint density at radius 3 is 2.74 bits per heavy atom. The molecule has 0 bridgehead atoms. The van der Waals surface area contributed by atoms with Crippen LogP contribution >= 0.6 is 0 Å². The number of piperidine rings is 1. The van der Waals surface area contributed by atoms with Crippen LogP contribution in [0.25, 0.3) is 11.3 Å². The van der Waals surface area contributed by atoms with Crippen LogP contribution < -0.4 is 20.7 Å². The van der Waals surface area contributed by atoms with Crippen molar-refractivity contribution in [3.63, 3.8) is 0 Å². The van der Waals surface area contributed by atoms with Gasteiger partial charge in [-0.1, -0.05) is 12.1 Å². The number of likely N-dealkylation sites (tertiary alicyclic amines) is 1. The minimum absolute atomic E-state index is 0.621. The van der Waals surface area contributed by atoms with Crippen LogP contribution in [-0.2, 0) is 13.0 Å². The third-order valence-corrected chi connectivity index (χ3v) is 7.50. The van der Waals surface area contributed by atoms with Crippen molar-refractivity contribution in [2.75, 3.05) is 50.5 Å². The molecule has 0 radical (unpaired) electrons. The third-order valence-electron chi connectivity index (χ3n) is 7.50. The van der Waals surface area contributed by atoms with E-state index in [1.165, 1.54) is 37.1 Å². The molecule has 35 heavy (non-hydrogen) atoms. The molecule has 182 valence electrons. The van der Waals surface area contributed by atoms with Gasteiger partial charge < -0.3 is 25.6 Å². The minimum atomic E-state index is 0.621. The van der Waals surface area contributed by atoms with E-state index in [0.717, 1.165) is 59.9 Å². The number of aromatic nitrogens is 3. The van der Waals surface area contributed by atoms with Gasteiger partial charge in [0.2, 0.25) is 11.8 Å². The Morgan fingerprint density at radius 2 is 1.91 bits per heavy atom. The van der Waals surface area contributed by atoms with Gasteiger partial charge in [-0.2, -0.15) is 0 Å². The highest BCUT2D eigenvalue weighted by molar-refractivity contribution is 5.77. The SMILES string of the molecule is Cc1c(-c2nc(Nc3ccc(C4CCN(C)CC4)cc3)nc3c2CCNC3)cnc2c1NCCO2. The monoisotopic (exact) mass is 471 g/mol. The maximum Gasteiger partial charge on any atom is 0.237 e. The second kappa shape index (κ2) is 9.43. The highest BCUT2D eigenvalue weighted by atomic mass is 16.5. The van der Waals surface area contributed by atoms with Crippen molar-refractivity contribution < 1.29 is 4.74 Å². The molecule has 5 heterocycles. The number of nitrogens with one attached hydrogen (secondary N) is 3. The standard InChI is InChI=1S/C27H33N7O/c1-17-22(15-30-26-24(17)29-11-14-35-26)25-21-7-10-28-16-23(21)32-27(33-25)31-20-5-3-18(4-6-20)19-8-12-34(2)13-9-19/h3-6,15,19,28-29H,7-14,16H2,1-2H3,(H,31,32,33). The number of hydrogen-bond donors (Lipinski definition) is 3. The van der Waals surface area contributed by atoms with Crippen LogP contribution in [0, 0.1) is 6.92 Å². The Morgan fingerprint density at radius 1 is 1.09 bits per heavy atom. The van der Waals surface area contributed by atoms with Crippen LogP contribution in [0.4, 0.5) is 17.3 Å². The molecule has 1 saturated heterocycles. The molecule has 0 unspecified atom stereocenters. The average Bonchev–Trinajstić information content (AvgIpc) is 2.90. The second-order valence-electron chi connectivity index (χ2n) is 9.82. The summed E-state index contributed by atoms with van der Waals surface area (Å²) in [4.78, 5) is 16.9. The lowest BCUT2D eigenvalue weighted by Crippen LogP contribution is -2.29. The summed E-state index contributed by atoms with van der Waals surface area (Å²) in [6, 6.07) is 8.81. The zero-order chi connectivity index (χ0) is 23.8. The summed E-state index contributed by atoms with van der Waals surface area (Å²) in [6.07, 6.45) is 5.24. The molecule has 2 aromatic heterocycles. The number of nitrogens with zero attached hydrogens (tertiary/aromatic N) is 4. The molecule has 3 aliphatic heterocycles. The number of anilines is 3. The molecule has 0 amide bonds. The number of ether oxygens (including phenoxy) is 1. The van der Waals surface area contributed by atoms with Gasteiger partial charge in [0.05, 0.1) is 11.4 Å². The van der Waals surface area contributed by atoms with E-state index in [1.54, 1.807) is 0 Å². The van der Waals surface area contributed by atoms with Crippen molar-refractivity contribution in [1.82, 2.24) is 25.2 Å². The smallest absolute Gasteiger partial charge is 0.237 e. The fourth-order valence-corrected chi connectivity index (χ4v) is 5.41. The first-order valence-electron chi connectivity index (χ1n) is 12.7. The molecule has 1 aromatic carbocycles. The third kappa shape index (κ3) is 4.44. The normalized spacial score (nSPS) is 18.2. The summed E-state index contributed by atoms with van der Waals surface area (Å²) < 4.78 is 5.74. The van der Waals surface area contributed by atoms with Crippen molar-refractivity contribution >= 4 is 17.3 Å². The van der Waals surface area contributed by atoms with Crippen molar-refractivity contribution in [2.45, 2.75) is 38.6 Å². The predicted octanol–water partition coefficient (Wildman–Crippen LogP) is 3.85. The Hall–Kier alpha value is -3.23. The lowest BCUT2D eigenvalue weighted by Gasteiger charge is -2.29. The van der Waals surface area contributed by atoms with E-state index in [4.69, 9.17) is 14.7 Å². The van der Waals surface area contributed by atoms with Crippen LogP contribution in [0.1, 0.15) is 41.1 Å². The highest BCUT2D eigenvalue weighted by Crippen LogP contribution is 2.37. The lowest BCUT2D eigenvalue weighted by molar-refractivity contribution is 0.255. The maximum atomic E-state index is 5.74. The molecule has 8 nitrogen and oxygen atoms in total. The Labute approximate surface area is 206 Å². The fourth-order valence-electron chi connectivity index (χ4n) is 5.41. The summed E-state index contributed by atoms with van der Waals surface area (Å²) in [7, 11) is 2.21. The van der Waals surface area contributed by atoms with Crippen LogP contribution in [0.5, 0.6) is 5.88 Å². The van der Waals surface area contributed by atoms with E-state index < -0.39 is 0 Å². The van der Waals surface area contributed by atoms with Crippen LogP contribution in [0.3, 0.4) is 0 Å². The van der Waals surface area contributed by atoms with Gasteiger partial charge in [-0.05, 0) is 82.0 Å². The molecule has 0 saturated carbocycles. The van der Waals surface area contributed by atoms with E-state index in [0.29, 0.717) is 24.4 Å². The van der Waals surface area contributed by atoms with Crippen molar-refractivity contribution in [3.8, 4) is 17.1 Å². The van der Waals surface area contributed by atoms with Gasteiger partial charge in [-0.3, -0.25) is 0 Å². The quantitative estimate of drug-likeness (QED) is 0.529. The van der Waals surface area contributed by atoms with Gasteiger partial charge in [-0.15, -0.1) is 0 Å². The first-order valence-corrected chi connectivity index (χ1v) is 12.7. The number of rotatable bonds is 4. The van der Waals surface area contributed by atoms with Crippen LogP contribution in [0.2, 0.25) is 0 Å². The van der Waals surface area contributed by atoms with Crippen LogP contribution in [-0.4, -0.2) is 59.7 Å². The largest absolute Gasteiger partial charge is 0.474 e. The van der Waals surface area contributed by atoms with Crippen molar-refractivity contribution in [2.24, 2.45) is 0 Å². The fraction of sp³-hybridized carbons (Fsp3) is 0.444. The number of fused-ring (bicyclic) bond motifs is 2. The van der Waals surface area contributed by atoms with Gasteiger partial charge in [0.25, 0.3) is 0 Å². The molecule has 0 atom stereocenters. The second-order valence-corrected chi connectivity index (χ2v) is 9.82. The molecule has 8 heteroatoms. The average molecular weight is 472 g/mol. The first kappa shape index (κ1) is 22.2. The molecule has 3 aliphatic rings. The molecule has 3 aromatic rings. The van der Waals surface area contributed by atoms with Crippen molar-refractivity contribution in [3.05, 3.63) is 52.8 Å². The first-order chi connectivity index (χ1) is 17.2. The van der Waals surface area contributed by atoms with Gasteiger partial charge in [-0.25, -0.2) is 15.0 Å². The van der Waals surface area contributed by atoms with Gasteiger partial charge >= 0.3 is 0 Å². The molecule has 3 N–H and O–H groups in total. The van der Waals surface area contributed by atoms with Gasteiger partial charge in [0, 0.05) is 36.1 Å². The topological polar surface area (TPSA) is 87.2 Å². The maximum absolute atomic E-state index is 5.74. The van der Waals surface area contributed by atoms with Gasteiger partial charge in [0.1, 0.15) is 12.3 Å². The number of pyridine rings is 1. The summed E-state index contributed by atoms with van der Waals surface area (Å²) in [6.45, 7) is 7.54. The highest BCUT2D eigenvalue weighted by Gasteiger charge is 2.24. The Kier molecular flexibility index (Phi) is 6.00. The summed E-state index contributed by atoms with van der Waals surface area (Å²) in [5.41, 5.74) is 8.75. The molecule has 0 spiro atoms. The summed E-state index contributed by atoms with van der Waals surface area (Å²) in [5.74, 6) is 1.94. The van der Waals surface area contributed by atoms with E-state index in [9.17, 15) is 0 Å². The van der Waals surface area contributed by atoms with Crippen molar-refractivity contribution in [1.29, 1.82) is 0 Å². The van der Waals surface area contributed by atoms with Gasteiger partial charge in [0.15, 0.2) is 0 Å². The zero-order valence-electron chi connectivity index (χ0n) is 20.5. The van der Waals surface area contributed by atoms with E-state index in [-0.39, 0.29) is 0 Å². The molecule has 6 rings (SSSR count). The summed E-state index contributed by atoms with van der Waals surface area (Å²) >= 11 is 0. The lowest BCUT2D eigenvalue weighted by atomic mass is 9.89. The number of hydrogen-bond acceptors (Lipinski definition) is 8. The molecular formula is C27H33N7O. The van der Waals surface area contributed by atoms with E-state index in [2.05, 4.69) is 64.1 Å². The van der Waals surface area contributed by atoms with Crippen LogP contribution in [0.15, 0.2) is 30.5 Å². The van der Waals surface area contributed by atoms with E-state index >= 15 is 0 Å². The molecular weight excluding hydrogens is 438 g/mol. The molecule has 0 aliphatic carbocycles. The molecule has 1 fully saturated rings. The Bertz CT molecular complexity index is 1220. The van der Waals surface area contributed by atoms with E-state index in [1.807, 2.05) is 6.20 Å². The predicted molar refractivity (Wildman–Crippen MR) is 139 cm³/mol. The summed E-state index contributed by atoms with van der Waals surface area (Å²) in [5, 5.41) is 10.4. The zero-order valence-corrected chi connectivity index (χ0v) is 20.5. The Balaban J connectivity index is 1.31. The minimum Gasteiger partial charge on any atom is -0.474 e. The number of benzene rings is 1.